The first-order valence-corrected chi connectivity index (χ1v) is 5.97. The van der Waals surface area contributed by atoms with Gasteiger partial charge in [0, 0.05) is 23.4 Å². The van der Waals surface area contributed by atoms with Gasteiger partial charge in [-0.2, -0.15) is 0 Å². The van der Waals surface area contributed by atoms with E-state index in [-0.39, 0.29) is 11.4 Å². The summed E-state index contributed by atoms with van der Waals surface area (Å²) < 4.78 is 3.71. The SMILES string of the molecule is Nc1cc(=O)[nH]c(SCc2nnsc2N)n1. The van der Waals surface area contributed by atoms with E-state index in [9.17, 15) is 4.79 Å². The number of nitrogens with zero attached hydrogens (tertiary/aromatic N) is 3. The Balaban J connectivity index is 2.10. The minimum Gasteiger partial charge on any atom is -0.388 e. The van der Waals surface area contributed by atoms with Crippen molar-refractivity contribution in [2.75, 3.05) is 11.5 Å². The minimum atomic E-state index is -0.278. The Morgan fingerprint density at radius 3 is 2.94 bits per heavy atom. The Morgan fingerprint density at radius 2 is 2.31 bits per heavy atom. The van der Waals surface area contributed by atoms with Crippen LogP contribution in [0.3, 0.4) is 0 Å². The van der Waals surface area contributed by atoms with Crippen molar-refractivity contribution in [3.63, 3.8) is 0 Å². The highest BCUT2D eigenvalue weighted by atomic mass is 32.2. The van der Waals surface area contributed by atoms with E-state index in [2.05, 4.69) is 19.6 Å². The zero-order chi connectivity index (χ0) is 11.5. The third-order valence-electron chi connectivity index (χ3n) is 1.67. The molecule has 0 aromatic carbocycles. The van der Waals surface area contributed by atoms with Gasteiger partial charge in [0.15, 0.2) is 5.16 Å². The van der Waals surface area contributed by atoms with Crippen molar-refractivity contribution in [3.8, 4) is 0 Å². The summed E-state index contributed by atoms with van der Waals surface area (Å²) in [5.74, 6) is 0.685. The molecule has 0 bridgehead atoms. The maximum Gasteiger partial charge on any atom is 0.253 e. The largest absolute Gasteiger partial charge is 0.388 e. The first-order valence-electron chi connectivity index (χ1n) is 4.21. The highest BCUT2D eigenvalue weighted by Gasteiger charge is 2.06. The number of aromatic amines is 1. The lowest BCUT2D eigenvalue weighted by Gasteiger charge is -1.99. The first-order chi connectivity index (χ1) is 7.65. The third kappa shape index (κ3) is 2.49. The van der Waals surface area contributed by atoms with E-state index >= 15 is 0 Å². The van der Waals surface area contributed by atoms with E-state index in [0.717, 1.165) is 11.5 Å². The zero-order valence-electron chi connectivity index (χ0n) is 8.01. The van der Waals surface area contributed by atoms with Crippen molar-refractivity contribution in [2.24, 2.45) is 0 Å². The molecular weight excluding hydrogens is 248 g/mol. The number of thioether (sulfide) groups is 1. The smallest absolute Gasteiger partial charge is 0.253 e. The number of nitrogens with two attached hydrogens (primary N) is 2. The molecule has 0 amide bonds. The van der Waals surface area contributed by atoms with Crippen molar-refractivity contribution in [1.82, 2.24) is 19.6 Å². The van der Waals surface area contributed by atoms with Gasteiger partial charge in [0.1, 0.15) is 16.5 Å². The Bertz CT molecular complexity index is 550. The van der Waals surface area contributed by atoms with E-state index in [4.69, 9.17) is 11.5 Å². The summed E-state index contributed by atoms with van der Waals surface area (Å²) >= 11 is 2.43. The van der Waals surface area contributed by atoms with Crippen molar-refractivity contribution in [2.45, 2.75) is 10.9 Å². The van der Waals surface area contributed by atoms with Gasteiger partial charge in [0.2, 0.25) is 0 Å². The normalized spacial score (nSPS) is 10.5. The van der Waals surface area contributed by atoms with E-state index in [1.54, 1.807) is 0 Å². The van der Waals surface area contributed by atoms with Gasteiger partial charge in [-0.15, -0.1) is 5.10 Å². The molecule has 0 saturated heterocycles. The number of nitrogen functional groups attached to an aromatic ring is 2. The highest BCUT2D eigenvalue weighted by Crippen LogP contribution is 2.22. The van der Waals surface area contributed by atoms with Crippen LogP contribution in [0.25, 0.3) is 0 Å². The number of aromatic nitrogens is 4. The summed E-state index contributed by atoms with van der Waals surface area (Å²) in [6.45, 7) is 0. The van der Waals surface area contributed by atoms with Gasteiger partial charge in [0.05, 0.1) is 0 Å². The lowest BCUT2D eigenvalue weighted by molar-refractivity contribution is 0.942. The van der Waals surface area contributed by atoms with Crippen molar-refractivity contribution in [1.29, 1.82) is 0 Å². The molecule has 0 saturated carbocycles. The molecule has 0 unspecified atom stereocenters. The second kappa shape index (κ2) is 4.49. The van der Waals surface area contributed by atoms with E-state index in [1.807, 2.05) is 0 Å². The fraction of sp³-hybridized carbons (Fsp3) is 0.143. The van der Waals surface area contributed by atoms with Crippen LogP contribution in [0.1, 0.15) is 5.69 Å². The predicted molar refractivity (Wildman–Crippen MR) is 63.2 cm³/mol. The molecule has 2 aromatic heterocycles. The van der Waals surface area contributed by atoms with Gasteiger partial charge < -0.3 is 16.5 Å². The molecule has 5 N–H and O–H groups in total. The number of hydrogen-bond donors (Lipinski definition) is 3. The lowest BCUT2D eigenvalue weighted by Crippen LogP contribution is -2.09. The predicted octanol–water partition coefficient (Wildman–Crippen LogP) is 0.0781. The molecule has 0 spiro atoms. The molecule has 84 valence electrons. The molecule has 2 heterocycles. The molecule has 9 heteroatoms. The molecule has 16 heavy (non-hydrogen) atoms. The number of anilines is 2. The van der Waals surface area contributed by atoms with Crippen LogP contribution in [0.5, 0.6) is 0 Å². The van der Waals surface area contributed by atoms with Gasteiger partial charge in [0.25, 0.3) is 5.56 Å². The molecule has 0 aliphatic heterocycles. The molecule has 0 aliphatic rings. The number of H-pyrrole nitrogens is 1. The molecule has 2 rings (SSSR count). The molecule has 2 aromatic rings. The topological polar surface area (TPSA) is 124 Å². The average Bonchev–Trinajstić information content (AvgIpc) is 2.59. The van der Waals surface area contributed by atoms with E-state index in [1.165, 1.54) is 17.8 Å². The van der Waals surface area contributed by atoms with E-state index in [0.29, 0.717) is 21.6 Å². The standard InChI is InChI=1S/C7H8N6OS2/c8-4-1-5(14)11-7(10-4)15-2-3-6(9)16-13-12-3/h1H,2,9H2,(H3,8,10,11,14). The summed E-state index contributed by atoms with van der Waals surface area (Å²) in [6.07, 6.45) is 0. The number of nitrogens with one attached hydrogen (secondary N) is 1. The first kappa shape index (κ1) is 10.9. The van der Waals surface area contributed by atoms with Crippen LogP contribution in [0.2, 0.25) is 0 Å². The maximum atomic E-state index is 11.1. The second-order valence-corrected chi connectivity index (χ2v) is 4.60. The maximum absolute atomic E-state index is 11.1. The monoisotopic (exact) mass is 256 g/mol. The summed E-state index contributed by atoms with van der Waals surface area (Å²) in [5.41, 5.74) is 11.5. The van der Waals surface area contributed by atoms with Gasteiger partial charge in [-0.1, -0.05) is 16.3 Å². The van der Waals surface area contributed by atoms with Crippen LogP contribution in [-0.2, 0) is 5.75 Å². The van der Waals surface area contributed by atoms with Crippen LogP contribution >= 0.6 is 23.3 Å². The van der Waals surface area contributed by atoms with Gasteiger partial charge in [-0.05, 0) is 0 Å². The Kier molecular flexibility index (Phi) is 3.06. The number of rotatable bonds is 3. The zero-order valence-corrected chi connectivity index (χ0v) is 9.64. The van der Waals surface area contributed by atoms with Crippen molar-refractivity contribution in [3.05, 3.63) is 22.1 Å². The Morgan fingerprint density at radius 1 is 1.50 bits per heavy atom. The van der Waals surface area contributed by atoms with Gasteiger partial charge in [-0.3, -0.25) is 4.79 Å². The van der Waals surface area contributed by atoms with Crippen LogP contribution in [-0.4, -0.2) is 19.6 Å². The quantitative estimate of drug-likeness (QED) is 0.524. The molecule has 0 radical (unpaired) electrons. The van der Waals surface area contributed by atoms with Crippen molar-refractivity contribution < 1.29 is 0 Å². The third-order valence-corrected chi connectivity index (χ3v) is 3.15. The molecule has 7 nitrogen and oxygen atoms in total. The van der Waals surface area contributed by atoms with Crippen LogP contribution in [0, 0.1) is 0 Å². The van der Waals surface area contributed by atoms with Crippen LogP contribution in [0.15, 0.2) is 16.0 Å². The summed E-state index contributed by atoms with van der Waals surface area (Å²) in [5, 5.41) is 4.86. The van der Waals surface area contributed by atoms with Crippen molar-refractivity contribution >= 4 is 34.1 Å². The van der Waals surface area contributed by atoms with Crippen LogP contribution < -0.4 is 17.0 Å². The number of hydrogen-bond acceptors (Lipinski definition) is 8. The summed E-state index contributed by atoms with van der Waals surface area (Å²) in [4.78, 5) is 17.6. The average molecular weight is 256 g/mol. The summed E-state index contributed by atoms with van der Waals surface area (Å²) in [6, 6.07) is 1.23. The minimum absolute atomic E-state index is 0.190. The molecule has 0 fully saturated rings. The lowest BCUT2D eigenvalue weighted by atomic mass is 10.5. The molecule has 0 atom stereocenters. The summed E-state index contributed by atoms with van der Waals surface area (Å²) in [7, 11) is 0. The van der Waals surface area contributed by atoms with Crippen LogP contribution in [0.4, 0.5) is 10.8 Å². The fourth-order valence-corrected chi connectivity index (χ4v) is 2.34. The van der Waals surface area contributed by atoms with Gasteiger partial charge >= 0.3 is 0 Å². The highest BCUT2D eigenvalue weighted by molar-refractivity contribution is 7.98. The van der Waals surface area contributed by atoms with E-state index < -0.39 is 0 Å². The molecule has 0 aliphatic carbocycles. The van der Waals surface area contributed by atoms with Gasteiger partial charge in [-0.25, -0.2) is 4.98 Å². The molecular formula is C7H8N6OS2. The second-order valence-electron chi connectivity index (χ2n) is 2.85. The fourth-order valence-electron chi connectivity index (χ4n) is 0.974. The Labute approximate surface area is 98.4 Å². The Hall–Kier alpha value is -1.61.